The van der Waals surface area contributed by atoms with Crippen LogP contribution in [0.2, 0.25) is 5.02 Å². The molecule has 1 unspecified atom stereocenters. The molecule has 1 N–H and O–H groups in total. The minimum atomic E-state index is -0.719. The minimum Gasteiger partial charge on any atom is -0.368 e. The van der Waals surface area contributed by atoms with Crippen molar-refractivity contribution in [3.63, 3.8) is 0 Å². The second-order valence-electron chi connectivity index (χ2n) is 5.67. The Morgan fingerprint density at radius 1 is 1.12 bits per heavy atom. The van der Waals surface area contributed by atoms with E-state index >= 15 is 0 Å². The lowest BCUT2D eigenvalue weighted by Crippen LogP contribution is -2.33. The molecule has 0 aromatic heterocycles. The third-order valence-corrected chi connectivity index (χ3v) is 4.28. The second-order valence-corrected chi connectivity index (χ2v) is 6.11. The molecule has 0 bridgehead atoms. The third-order valence-electron chi connectivity index (χ3n) is 4.04. The van der Waals surface area contributed by atoms with Gasteiger partial charge in [0.15, 0.2) is 0 Å². The lowest BCUT2D eigenvalue weighted by Gasteiger charge is -2.18. The van der Waals surface area contributed by atoms with Crippen molar-refractivity contribution in [3.05, 3.63) is 67.7 Å². The van der Waals surface area contributed by atoms with Gasteiger partial charge in [0.1, 0.15) is 11.7 Å². The van der Waals surface area contributed by atoms with E-state index < -0.39 is 21.6 Å². The Bertz CT molecular complexity index is 904. The van der Waals surface area contributed by atoms with Gasteiger partial charge in [-0.15, -0.1) is 0 Å². The number of rotatable bonds is 5. The minimum absolute atomic E-state index is 0.0619. The van der Waals surface area contributed by atoms with Crippen LogP contribution < -0.4 is 10.2 Å². The largest absolute Gasteiger partial charge is 0.368 e. The molecule has 2 aromatic carbocycles. The summed E-state index contributed by atoms with van der Waals surface area (Å²) in [6.07, 6.45) is 0.430. The quantitative estimate of drug-likeness (QED) is 0.631. The van der Waals surface area contributed by atoms with Crippen LogP contribution in [0.25, 0.3) is 0 Å². The molecule has 1 atom stereocenters. The second kappa shape index (κ2) is 6.96. The fourth-order valence-electron chi connectivity index (χ4n) is 2.81. The molecule has 3 rings (SSSR count). The van der Waals surface area contributed by atoms with E-state index in [1.807, 2.05) is 0 Å². The topological polar surface area (TPSA) is 119 Å². The van der Waals surface area contributed by atoms with Gasteiger partial charge >= 0.3 is 0 Å². The van der Waals surface area contributed by atoms with Crippen molar-refractivity contribution >= 4 is 40.3 Å². The number of carbonyl (C=O) groups excluding carboxylic acids is 1. The van der Waals surface area contributed by atoms with Gasteiger partial charge in [0.2, 0.25) is 5.91 Å². The molecule has 0 radical (unpaired) electrons. The molecule has 1 aliphatic heterocycles. The molecule has 2 aromatic rings. The van der Waals surface area contributed by atoms with Crippen LogP contribution >= 0.6 is 11.6 Å². The van der Waals surface area contributed by atoms with Gasteiger partial charge in [-0.25, -0.2) is 0 Å². The van der Waals surface area contributed by atoms with E-state index in [1.54, 1.807) is 29.2 Å². The highest BCUT2D eigenvalue weighted by Crippen LogP contribution is 2.32. The molecule has 26 heavy (non-hydrogen) atoms. The molecule has 9 nitrogen and oxygen atoms in total. The number of non-ortho nitro benzene ring substituents is 1. The first-order valence-corrected chi connectivity index (χ1v) is 8.01. The zero-order valence-electron chi connectivity index (χ0n) is 13.3. The molecule has 0 spiro atoms. The number of carbonyl (C=O) groups is 1. The van der Waals surface area contributed by atoms with Crippen LogP contribution in [-0.4, -0.2) is 28.3 Å². The van der Waals surface area contributed by atoms with Crippen molar-refractivity contribution in [2.75, 3.05) is 16.8 Å². The van der Waals surface area contributed by atoms with Crippen LogP contribution in [-0.2, 0) is 4.79 Å². The maximum atomic E-state index is 12.6. The molecule has 1 fully saturated rings. The summed E-state index contributed by atoms with van der Waals surface area (Å²) in [7, 11) is 0. The van der Waals surface area contributed by atoms with Crippen molar-refractivity contribution < 1.29 is 14.6 Å². The van der Waals surface area contributed by atoms with Gasteiger partial charge in [-0.05, 0) is 30.7 Å². The number of halogens is 1. The van der Waals surface area contributed by atoms with E-state index in [1.165, 1.54) is 6.07 Å². The molecular weight excluding hydrogens is 364 g/mol. The molecule has 0 aliphatic carbocycles. The van der Waals surface area contributed by atoms with Gasteiger partial charge in [-0.2, -0.15) is 0 Å². The average Bonchev–Trinajstić information content (AvgIpc) is 2.95. The van der Waals surface area contributed by atoms with E-state index in [9.17, 15) is 25.0 Å². The Kier molecular flexibility index (Phi) is 4.72. The number of hydrogen-bond donors (Lipinski definition) is 1. The summed E-state index contributed by atoms with van der Waals surface area (Å²) >= 11 is 5.95. The maximum absolute atomic E-state index is 12.6. The van der Waals surface area contributed by atoms with Crippen molar-refractivity contribution in [1.29, 1.82) is 0 Å². The Hall–Kier alpha value is -3.20. The predicted octanol–water partition coefficient (Wildman–Crippen LogP) is 3.37. The monoisotopic (exact) mass is 376 g/mol. The Balaban J connectivity index is 1.83. The first-order chi connectivity index (χ1) is 12.4. The molecule has 134 valence electrons. The summed E-state index contributed by atoms with van der Waals surface area (Å²) in [6, 6.07) is 9.44. The zero-order chi connectivity index (χ0) is 18.8. The van der Waals surface area contributed by atoms with Gasteiger partial charge in [0, 0.05) is 23.3 Å². The van der Waals surface area contributed by atoms with Gasteiger partial charge in [0.05, 0.1) is 15.9 Å². The maximum Gasteiger partial charge on any atom is 0.299 e. The molecule has 1 saturated heterocycles. The summed E-state index contributed by atoms with van der Waals surface area (Å²) < 4.78 is 0. The standard InChI is InChI=1S/C16H13ClN4O5/c17-10-2-1-3-11(8-10)19-7-6-14(16(19)22)18-13-5-4-12(20(23)24)9-15(13)21(25)26/h1-5,8-9,14,18H,6-7H2. The van der Waals surface area contributed by atoms with Crippen molar-refractivity contribution in [3.8, 4) is 0 Å². The molecule has 0 saturated carbocycles. The summed E-state index contributed by atoms with van der Waals surface area (Å²) in [5.41, 5.74) is -0.134. The van der Waals surface area contributed by atoms with E-state index in [4.69, 9.17) is 11.6 Å². The first kappa shape index (κ1) is 17.6. The summed E-state index contributed by atoms with van der Waals surface area (Å²) in [5, 5.41) is 25.3. The molecule has 10 heteroatoms. The number of amides is 1. The number of hydrogen-bond acceptors (Lipinski definition) is 6. The Labute approximate surface area is 152 Å². The van der Waals surface area contributed by atoms with Crippen molar-refractivity contribution in [2.24, 2.45) is 0 Å². The predicted molar refractivity (Wildman–Crippen MR) is 95.6 cm³/mol. The zero-order valence-corrected chi connectivity index (χ0v) is 14.0. The van der Waals surface area contributed by atoms with Crippen LogP contribution in [0.15, 0.2) is 42.5 Å². The molecule has 1 aliphatic rings. The summed E-state index contributed by atoms with van der Waals surface area (Å²) in [4.78, 5) is 34.7. The van der Waals surface area contributed by atoms with Crippen LogP contribution in [0.4, 0.5) is 22.7 Å². The third kappa shape index (κ3) is 3.42. The van der Waals surface area contributed by atoms with Crippen LogP contribution in [0.3, 0.4) is 0 Å². The lowest BCUT2D eigenvalue weighted by atomic mass is 10.2. The lowest BCUT2D eigenvalue weighted by molar-refractivity contribution is -0.393. The van der Waals surface area contributed by atoms with E-state index in [0.717, 1.165) is 12.1 Å². The fraction of sp³-hybridized carbons (Fsp3) is 0.188. The number of nitro groups is 2. The SMILES string of the molecule is O=C1C(Nc2ccc([N+](=O)[O-])cc2[N+](=O)[O-])CCN1c1cccc(Cl)c1. The highest BCUT2D eigenvalue weighted by atomic mass is 35.5. The van der Waals surface area contributed by atoms with Crippen LogP contribution in [0.1, 0.15) is 6.42 Å². The smallest absolute Gasteiger partial charge is 0.299 e. The normalized spacial score (nSPS) is 16.6. The van der Waals surface area contributed by atoms with Gasteiger partial charge < -0.3 is 10.2 Å². The van der Waals surface area contributed by atoms with E-state index in [2.05, 4.69) is 5.32 Å². The number of benzene rings is 2. The molecular formula is C16H13ClN4O5. The fourth-order valence-corrected chi connectivity index (χ4v) is 2.99. The van der Waals surface area contributed by atoms with Gasteiger partial charge in [0.25, 0.3) is 11.4 Å². The van der Waals surface area contributed by atoms with Crippen LogP contribution in [0.5, 0.6) is 0 Å². The van der Waals surface area contributed by atoms with E-state index in [0.29, 0.717) is 23.7 Å². The summed E-state index contributed by atoms with van der Waals surface area (Å²) in [6.45, 7) is 0.428. The van der Waals surface area contributed by atoms with Crippen molar-refractivity contribution in [1.82, 2.24) is 0 Å². The van der Waals surface area contributed by atoms with Crippen molar-refractivity contribution in [2.45, 2.75) is 12.5 Å². The average molecular weight is 377 g/mol. The highest BCUT2D eigenvalue weighted by Gasteiger charge is 2.34. The molecule has 1 heterocycles. The molecule has 1 amide bonds. The number of nitro benzene ring substituents is 2. The summed E-state index contributed by atoms with van der Waals surface area (Å²) in [5.74, 6) is -0.250. The first-order valence-electron chi connectivity index (χ1n) is 7.63. The number of nitrogens with one attached hydrogen (secondary N) is 1. The van der Waals surface area contributed by atoms with Crippen LogP contribution in [0, 0.1) is 20.2 Å². The Morgan fingerprint density at radius 2 is 1.88 bits per heavy atom. The van der Waals surface area contributed by atoms with Gasteiger partial charge in [-0.3, -0.25) is 25.0 Å². The van der Waals surface area contributed by atoms with E-state index in [-0.39, 0.29) is 17.3 Å². The number of nitrogens with zero attached hydrogens (tertiary/aromatic N) is 3. The van der Waals surface area contributed by atoms with Gasteiger partial charge in [-0.1, -0.05) is 17.7 Å². The Morgan fingerprint density at radius 3 is 2.54 bits per heavy atom. The number of anilines is 2. The highest BCUT2D eigenvalue weighted by molar-refractivity contribution is 6.31.